The average molecular weight is 206 g/mol. The summed E-state index contributed by atoms with van der Waals surface area (Å²) in [6, 6.07) is 7.47. The highest BCUT2D eigenvalue weighted by atomic mass is 16.4. The van der Waals surface area contributed by atoms with Gasteiger partial charge in [0.25, 0.3) is 0 Å². The topological polar surface area (TPSA) is 75.3 Å². The zero-order chi connectivity index (χ0) is 10.8. The van der Waals surface area contributed by atoms with Crippen molar-refractivity contribution in [1.29, 1.82) is 0 Å². The van der Waals surface area contributed by atoms with Crippen molar-refractivity contribution in [2.24, 2.45) is 5.92 Å². The van der Waals surface area contributed by atoms with Crippen LogP contribution in [-0.4, -0.2) is 24.2 Å². The van der Waals surface area contributed by atoms with Crippen LogP contribution in [0, 0.1) is 5.92 Å². The number of nitrogens with two attached hydrogens (primary N) is 1. The monoisotopic (exact) mass is 206 g/mol. The maximum Gasteiger partial charge on any atom is 0.308 e. The summed E-state index contributed by atoms with van der Waals surface area (Å²) in [7, 11) is 0. The standard InChI is InChI=1S/C11H14N2O2/c12-10-4-2-1-3-7(10)8-5-13-6-9(8)11(14)15/h1-4,8-9,13H,5-6,12H2,(H,14,15). The van der Waals surface area contributed by atoms with Gasteiger partial charge in [-0.05, 0) is 11.6 Å². The SMILES string of the molecule is Nc1ccccc1C1CNCC1C(=O)O. The fraction of sp³-hybridized carbons (Fsp3) is 0.364. The molecule has 4 N–H and O–H groups in total. The summed E-state index contributed by atoms with van der Waals surface area (Å²) in [4.78, 5) is 11.0. The number of nitrogen functional groups attached to an aromatic ring is 1. The molecule has 1 fully saturated rings. The molecular weight excluding hydrogens is 192 g/mol. The number of carboxylic acids is 1. The lowest BCUT2D eigenvalue weighted by atomic mass is 9.88. The van der Waals surface area contributed by atoms with Crippen molar-refractivity contribution in [2.75, 3.05) is 18.8 Å². The second-order valence-electron chi connectivity index (χ2n) is 3.84. The molecule has 2 rings (SSSR count). The van der Waals surface area contributed by atoms with E-state index in [1.807, 2.05) is 24.3 Å². The van der Waals surface area contributed by atoms with E-state index in [-0.39, 0.29) is 11.8 Å². The molecular formula is C11H14N2O2. The van der Waals surface area contributed by atoms with E-state index in [2.05, 4.69) is 5.32 Å². The van der Waals surface area contributed by atoms with E-state index in [1.165, 1.54) is 0 Å². The molecule has 1 aliphatic heterocycles. The molecule has 0 bridgehead atoms. The molecule has 0 radical (unpaired) electrons. The lowest BCUT2D eigenvalue weighted by Gasteiger charge is -2.16. The van der Waals surface area contributed by atoms with E-state index >= 15 is 0 Å². The van der Waals surface area contributed by atoms with Crippen LogP contribution in [0.25, 0.3) is 0 Å². The molecule has 4 heteroatoms. The lowest BCUT2D eigenvalue weighted by Crippen LogP contribution is -2.21. The first-order chi connectivity index (χ1) is 7.20. The molecule has 1 heterocycles. The number of carboxylic acid groups (broad SMARTS) is 1. The fourth-order valence-electron chi connectivity index (χ4n) is 2.11. The normalized spacial score (nSPS) is 25.3. The number of nitrogens with one attached hydrogen (secondary N) is 1. The molecule has 1 saturated heterocycles. The van der Waals surface area contributed by atoms with Crippen LogP contribution in [0.15, 0.2) is 24.3 Å². The van der Waals surface area contributed by atoms with Crippen molar-refractivity contribution in [3.05, 3.63) is 29.8 Å². The van der Waals surface area contributed by atoms with Gasteiger partial charge in [0.1, 0.15) is 0 Å². The Kier molecular flexibility index (Phi) is 2.60. The lowest BCUT2D eigenvalue weighted by molar-refractivity contribution is -0.141. The van der Waals surface area contributed by atoms with Gasteiger partial charge in [-0.25, -0.2) is 0 Å². The third-order valence-corrected chi connectivity index (χ3v) is 2.93. The van der Waals surface area contributed by atoms with Gasteiger partial charge in [0, 0.05) is 24.7 Å². The van der Waals surface area contributed by atoms with E-state index in [0.717, 1.165) is 5.56 Å². The molecule has 0 saturated carbocycles. The van der Waals surface area contributed by atoms with Gasteiger partial charge in [-0.1, -0.05) is 18.2 Å². The van der Waals surface area contributed by atoms with Crippen LogP contribution in [0.3, 0.4) is 0 Å². The predicted octanol–water partition coefficient (Wildman–Crippen LogP) is 0.656. The quantitative estimate of drug-likeness (QED) is 0.621. The molecule has 0 aliphatic carbocycles. The third kappa shape index (κ3) is 1.80. The summed E-state index contributed by atoms with van der Waals surface area (Å²) < 4.78 is 0. The van der Waals surface area contributed by atoms with Crippen LogP contribution >= 0.6 is 0 Å². The number of carbonyl (C=O) groups is 1. The van der Waals surface area contributed by atoms with Crippen molar-refractivity contribution in [2.45, 2.75) is 5.92 Å². The third-order valence-electron chi connectivity index (χ3n) is 2.93. The summed E-state index contributed by atoms with van der Waals surface area (Å²) in [6.07, 6.45) is 0. The number of aliphatic carboxylic acids is 1. The largest absolute Gasteiger partial charge is 0.481 e. The number of benzene rings is 1. The summed E-state index contributed by atoms with van der Waals surface area (Å²) in [5.41, 5.74) is 7.46. The molecule has 1 aliphatic rings. The molecule has 1 aromatic carbocycles. The van der Waals surface area contributed by atoms with Gasteiger partial charge in [-0.15, -0.1) is 0 Å². The van der Waals surface area contributed by atoms with E-state index in [9.17, 15) is 4.79 Å². The minimum absolute atomic E-state index is 0.0105. The first kappa shape index (κ1) is 9.98. The molecule has 0 spiro atoms. The van der Waals surface area contributed by atoms with Crippen LogP contribution in [-0.2, 0) is 4.79 Å². The van der Waals surface area contributed by atoms with Gasteiger partial charge in [0.2, 0.25) is 0 Å². The summed E-state index contributed by atoms with van der Waals surface area (Å²) in [5, 5.41) is 12.1. The van der Waals surface area contributed by atoms with E-state index < -0.39 is 5.97 Å². The molecule has 2 atom stereocenters. The molecule has 80 valence electrons. The highest BCUT2D eigenvalue weighted by molar-refractivity contribution is 5.73. The zero-order valence-corrected chi connectivity index (χ0v) is 8.31. The van der Waals surface area contributed by atoms with Crippen LogP contribution in [0.5, 0.6) is 0 Å². The smallest absolute Gasteiger partial charge is 0.308 e. The first-order valence-electron chi connectivity index (χ1n) is 4.98. The Morgan fingerprint density at radius 2 is 2.13 bits per heavy atom. The first-order valence-corrected chi connectivity index (χ1v) is 4.98. The summed E-state index contributed by atoms with van der Waals surface area (Å²) >= 11 is 0. The van der Waals surface area contributed by atoms with Gasteiger partial charge in [0.15, 0.2) is 0 Å². The fourth-order valence-corrected chi connectivity index (χ4v) is 2.11. The predicted molar refractivity (Wildman–Crippen MR) is 57.6 cm³/mol. The second kappa shape index (κ2) is 3.90. The Hall–Kier alpha value is -1.55. The van der Waals surface area contributed by atoms with E-state index in [1.54, 1.807) is 0 Å². The molecule has 0 amide bonds. The number of para-hydroxylation sites is 1. The number of hydrogen-bond acceptors (Lipinski definition) is 3. The number of hydrogen-bond donors (Lipinski definition) is 3. The maximum atomic E-state index is 11.0. The molecule has 15 heavy (non-hydrogen) atoms. The molecule has 0 aromatic heterocycles. The van der Waals surface area contributed by atoms with Crippen molar-refractivity contribution in [3.63, 3.8) is 0 Å². The van der Waals surface area contributed by atoms with Gasteiger partial charge < -0.3 is 16.2 Å². The van der Waals surface area contributed by atoms with Gasteiger partial charge >= 0.3 is 5.97 Å². The second-order valence-corrected chi connectivity index (χ2v) is 3.84. The minimum Gasteiger partial charge on any atom is -0.481 e. The van der Waals surface area contributed by atoms with Crippen molar-refractivity contribution in [1.82, 2.24) is 5.32 Å². The van der Waals surface area contributed by atoms with E-state index in [0.29, 0.717) is 18.8 Å². The number of rotatable bonds is 2. The van der Waals surface area contributed by atoms with Gasteiger partial charge in [-0.3, -0.25) is 4.79 Å². The highest BCUT2D eigenvalue weighted by Crippen LogP contribution is 2.31. The highest BCUT2D eigenvalue weighted by Gasteiger charge is 2.34. The Balaban J connectivity index is 2.30. The zero-order valence-electron chi connectivity index (χ0n) is 8.31. The Morgan fingerprint density at radius 3 is 2.80 bits per heavy atom. The number of anilines is 1. The van der Waals surface area contributed by atoms with Crippen LogP contribution in [0.1, 0.15) is 11.5 Å². The van der Waals surface area contributed by atoms with Gasteiger partial charge in [-0.2, -0.15) is 0 Å². The maximum absolute atomic E-state index is 11.0. The van der Waals surface area contributed by atoms with Crippen LogP contribution < -0.4 is 11.1 Å². The molecule has 1 aromatic rings. The average Bonchev–Trinajstić information content (AvgIpc) is 2.67. The summed E-state index contributed by atoms with van der Waals surface area (Å²) in [5.74, 6) is -1.13. The Morgan fingerprint density at radius 1 is 1.40 bits per heavy atom. The Labute approximate surface area is 88.1 Å². The van der Waals surface area contributed by atoms with Crippen molar-refractivity contribution >= 4 is 11.7 Å². The van der Waals surface area contributed by atoms with Crippen molar-refractivity contribution in [3.8, 4) is 0 Å². The molecule has 4 nitrogen and oxygen atoms in total. The Bertz CT molecular complexity index is 379. The minimum atomic E-state index is -0.756. The van der Waals surface area contributed by atoms with Crippen molar-refractivity contribution < 1.29 is 9.90 Å². The van der Waals surface area contributed by atoms with Crippen LogP contribution in [0.2, 0.25) is 0 Å². The van der Waals surface area contributed by atoms with E-state index in [4.69, 9.17) is 10.8 Å². The van der Waals surface area contributed by atoms with Gasteiger partial charge in [0.05, 0.1) is 5.92 Å². The summed E-state index contributed by atoms with van der Waals surface area (Å²) in [6.45, 7) is 1.21. The molecule has 2 unspecified atom stereocenters. The van der Waals surface area contributed by atoms with Crippen LogP contribution in [0.4, 0.5) is 5.69 Å².